The summed E-state index contributed by atoms with van der Waals surface area (Å²) in [5.74, 6) is 1.04. The van der Waals surface area contributed by atoms with E-state index in [0.717, 1.165) is 5.92 Å². The zero-order chi connectivity index (χ0) is 26.9. The fourth-order valence-corrected chi connectivity index (χ4v) is 6.19. The molecular formula is C37H76. The quantitative estimate of drug-likeness (QED) is 0.0754. The molecule has 0 aromatic heterocycles. The van der Waals surface area contributed by atoms with Gasteiger partial charge in [0.05, 0.1) is 0 Å². The first-order valence-corrected chi connectivity index (χ1v) is 18.3. The highest BCUT2D eigenvalue weighted by Gasteiger charge is 2.08. The molecule has 0 bridgehead atoms. The molecule has 224 valence electrons. The number of hydrogen-bond donors (Lipinski definition) is 0. The summed E-state index contributed by atoms with van der Waals surface area (Å²) in [6, 6.07) is 0. The van der Waals surface area contributed by atoms with Gasteiger partial charge in [0, 0.05) is 0 Å². The Morgan fingerprint density at radius 1 is 0.216 bits per heavy atom. The Bertz CT molecular complexity index is 372. The lowest BCUT2D eigenvalue weighted by Gasteiger charge is -2.17. The van der Waals surface area contributed by atoms with Crippen LogP contribution in [0.15, 0.2) is 0 Å². The van der Waals surface area contributed by atoms with Gasteiger partial charge in [-0.3, -0.25) is 0 Å². The van der Waals surface area contributed by atoms with Gasteiger partial charge in [0.2, 0.25) is 0 Å². The van der Waals surface area contributed by atoms with Gasteiger partial charge in [0.1, 0.15) is 0 Å². The van der Waals surface area contributed by atoms with E-state index in [-0.39, 0.29) is 0 Å². The fourth-order valence-electron chi connectivity index (χ4n) is 6.19. The predicted molar refractivity (Wildman–Crippen MR) is 173 cm³/mol. The molecule has 0 spiro atoms. The Morgan fingerprint density at radius 3 is 0.595 bits per heavy atom. The first-order chi connectivity index (χ1) is 18.3. The molecule has 0 radical (unpaired) electrons. The van der Waals surface area contributed by atoms with E-state index in [1.165, 1.54) is 212 Å². The Kier molecular flexibility index (Phi) is 34.0. The minimum atomic E-state index is 1.04. The first kappa shape index (κ1) is 37.0. The lowest BCUT2D eigenvalue weighted by Crippen LogP contribution is -2.01. The van der Waals surface area contributed by atoms with Crippen LogP contribution in [0.4, 0.5) is 0 Å². The van der Waals surface area contributed by atoms with Gasteiger partial charge in [0.25, 0.3) is 0 Å². The Labute approximate surface area is 238 Å². The van der Waals surface area contributed by atoms with Crippen molar-refractivity contribution in [3.63, 3.8) is 0 Å². The molecule has 0 aliphatic rings. The maximum Gasteiger partial charge on any atom is -0.0414 e. The average molecular weight is 521 g/mol. The van der Waals surface area contributed by atoms with Crippen molar-refractivity contribution in [2.75, 3.05) is 0 Å². The summed E-state index contributed by atoms with van der Waals surface area (Å²) in [6.07, 6.45) is 48.8. The van der Waals surface area contributed by atoms with Crippen molar-refractivity contribution in [1.82, 2.24) is 0 Å². The van der Waals surface area contributed by atoms with E-state index in [4.69, 9.17) is 0 Å². The minimum Gasteiger partial charge on any atom is -0.0654 e. The highest BCUT2D eigenvalue weighted by molar-refractivity contribution is 4.62. The van der Waals surface area contributed by atoms with Crippen molar-refractivity contribution in [3.8, 4) is 0 Å². The van der Waals surface area contributed by atoms with E-state index < -0.39 is 0 Å². The van der Waals surface area contributed by atoms with Gasteiger partial charge in [-0.1, -0.05) is 233 Å². The minimum absolute atomic E-state index is 1.04. The molecule has 1 atom stereocenters. The van der Waals surface area contributed by atoms with Crippen LogP contribution in [-0.2, 0) is 0 Å². The number of rotatable bonds is 33. The lowest BCUT2D eigenvalue weighted by atomic mass is 9.89. The van der Waals surface area contributed by atoms with Crippen LogP contribution in [0.2, 0.25) is 0 Å². The molecule has 0 heteroatoms. The monoisotopic (exact) mass is 521 g/mol. The molecule has 0 heterocycles. The first-order valence-electron chi connectivity index (χ1n) is 18.3. The normalized spacial score (nSPS) is 12.4. The van der Waals surface area contributed by atoms with E-state index in [0.29, 0.717) is 0 Å². The third kappa shape index (κ3) is 32.1. The topological polar surface area (TPSA) is 0 Å². The van der Waals surface area contributed by atoms with Crippen LogP contribution in [0.3, 0.4) is 0 Å². The van der Waals surface area contributed by atoms with Crippen molar-refractivity contribution < 1.29 is 0 Å². The largest absolute Gasteiger partial charge is 0.0654 e. The Morgan fingerprint density at radius 2 is 0.378 bits per heavy atom. The van der Waals surface area contributed by atoms with Crippen molar-refractivity contribution in [2.24, 2.45) is 5.92 Å². The summed E-state index contributed by atoms with van der Waals surface area (Å²) < 4.78 is 0. The van der Waals surface area contributed by atoms with Crippen LogP contribution in [0.1, 0.15) is 233 Å². The predicted octanol–water partition coefficient (Wildman–Crippen LogP) is 14.5. The Hall–Kier alpha value is 0. The van der Waals surface area contributed by atoms with Gasteiger partial charge < -0.3 is 0 Å². The van der Waals surface area contributed by atoms with Gasteiger partial charge in [-0.2, -0.15) is 0 Å². The summed E-state index contributed by atoms with van der Waals surface area (Å²) in [5.41, 5.74) is 0. The third-order valence-electron chi connectivity index (χ3n) is 8.90. The van der Waals surface area contributed by atoms with Crippen molar-refractivity contribution >= 4 is 0 Å². The highest BCUT2D eigenvalue weighted by Crippen LogP contribution is 2.25. The summed E-state index contributed by atoms with van der Waals surface area (Å²) in [5, 5.41) is 0. The van der Waals surface area contributed by atoms with Gasteiger partial charge in [-0.05, 0) is 5.92 Å². The summed E-state index contributed by atoms with van der Waals surface area (Å²) in [4.78, 5) is 0. The number of unbranched alkanes of at least 4 members (excludes halogenated alkanes) is 27. The van der Waals surface area contributed by atoms with E-state index in [9.17, 15) is 0 Å². The van der Waals surface area contributed by atoms with Gasteiger partial charge in [-0.15, -0.1) is 0 Å². The standard InChI is InChI=1S/C37H76/c1-4-7-10-13-15-17-19-20-21-22-24-26-28-30-33-36-37(34-31-12-9-6-3)35-32-29-27-25-23-18-16-14-11-8-5-2/h37H,4-36H2,1-3H3. The van der Waals surface area contributed by atoms with Crippen LogP contribution in [0.5, 0.6) is 0 Å². The van der Waals surface area contributed by atoms with Crippen LogP contribution in [0, 0.1) is 5.92 Å². The molecule has 0 fully saturated rings. The molecular weight excluding hydrogens is 444 g/mol. The van der Waals surface area contributed by atoms with E-state index >= 15 is 0 Å². The molecule has 37 heavy (non-hydrogen) atoms. The molecule has 0 saturated carbocycles. The van der Waals surface area contributed by atoms with Crippen LogP contribution >= 0.6 is 0 Å². The second-order valence-electron chi connectivity index (χ2n) is 12.8. The van der Waals surface area contributed by atoms with Crippen molar-refractivity contribution in [2.45, 2.75) is 233 Å². The molecule has 1 unspecified atom stereocenters. The fraction of sp³-hybridized carbons (Fsp3) is 1.00. The van der Waals surface area contributed by atoms with Crippen LogP contribution < -0.4 is 0 Å². The molecule has 0 nitrogen and oxygen atoms in total. The van der Waals surface area contributed by atoms with E-state index in [2.05, 4.69) is 20.8 Å². The molecule has 0 saturated heterocycles. The van der Waals surface area contributed by atoms with E-state index in [1.807, 2.05) is 0 Å². The zero-order valence-electron chi connectivity index (χ0n) is 26.9. The van der Waals surface area contributed by atoms with Gasteiger partial charge in [0.15, 0.2) is 0 Å². The summed E-state index contributed by atoms with van der Waals surface area (Å²) in [6.45, 7) is 6.97. The molecule has 0 aromatic rings. The average Bonchev–Trinajstić information content (AvgIpc) is 2.91. The smallest absolute Gasteiger partial charge is 0.0414 e. The summed E-state index contributed by atoms with van der Waals surface area (Å²) in [7, 11) is 0. The molecule has 0 aromatic carbocycles. The molecule has 0 aliphatic carbocycles. The lowest BCUT2D eigenvalue weighted by molar-refractivity contribution is 0.366. The Balaban J connectivity index is 3.62. The van der Waals surface area contributed by atoms with Gasteiger partial charge >= 0.3 is 0 Å². The second kappa shape index (κ2) is 34.0. The van der Waals surface area contributed by atoms with Crippen molar-refractivity contribution in [3.05, 3.63) is 0 Å². The molecule has 0 aliphatic heterocycles. The molecule has 0 rings (SSSR count). The summed E-state index contributed by atoms with van der Waals surface area (Å²) >= 11 is 0. The SMILES string of the molecule is CCCCCCCCCCCCCCCCCC(CCCCCC)CCCCCCCCCCCCC. The van der Waals surface area contributed by atoms with Gasteiger partial charge in [-0.25, -0.2) is 0 Å². The van der Waals surface area contributed by atoms with Crippen molar-refractivity contribution in [1.29, 1.82) is 0 Å². The zero-order valence-corrected chi connectivity index (χ0v) is 26.9. The van der Waals surface area contributed by atoms with Crippen LogP contribution in [0.25, 0.3) is 0 Å². The highest BCUT2D eigenvalue weighted by atomic mass is 14.1. The maximum absolute atomic E-state index is 2.35. The second-order valence-corrected chi connectivity index (χ2v) is 12.8. The maximum atomic E-state index is 2.35. The van der Waals surface area contributed by atoms with E-state index in [1.54, 1.807) is 0 Å². The molecule has 0 amide bonds. The van der Waals surface area contributed by atoms with Crippen LogP contribution in [-0.4, -0.2) is 0 Å². The molecule has 0 N–H and O–H groups in total. The number of hydrogen-bond acceptors (Lipinski definition) is 0. The third-order valence-corrected chi connectivity index (χ3v) is 8.90.